The van der Waals surface area contributed by atoms with Crippen molar-refractivity contribution in [1.82, 2.24) is 15.1 Å². The number of nitrogens with one attached hydrogen (secondary N) is 1. The van der Waals surface area contributed by atoms with Crippen LogP contribution in [0.2, 0.25) is 0 Å². The zero-order valence-electron chi connectivity index (χ0n) is 25.5. The third-order valence-electron chi connectivity index (χ3n) is 8.01. The number of likely N-dealkylation sites (N-methyl/N-ethyl adjacent to an activating group) is 1. The molecule has 0 atom stereocenters. The molecule has 1 saturated heterocycles. The van der Waals surface area contributed by atoms with E-state index in [1.54, 1.807) is 0 Å². The fourth-order valence-corrected chi connectivity index (χ4v) is 5.83. The monoisotopic (exact) mass is 548 g/mol. The summed E-state index contributed by atoms with van der Waals surface area (Å²) in [6, 6.07) is 26.9. The summed E-state index contributed by atoms with van der Waals surface area (Å²) in [7, 11) is 3.61. The standard InChI is InChI=1S/C32H33N.C4H10N2.CH5N/c1-3-4-5-14-28-15-10-11-22-33(28)23-27-21-20-26-13-7-9-17-30(26)32(27)31-24(2)18-19-25-12-6-8-16-29(25)31;1-6-3-2-5-4-6;1-2/h6-13,15-21H,3-5,14,22-23H2,1-2H3;5H,2-4H2,1H3;2H2,1H3. The Labute approximate surface area is 247 Å². The highest BCUT2D eigenvalue weighted by atomic mass is 15.3. The Morgan fingerprint density at radius 1 is 0.829 bits per heavy atom. The third kappa shape index (κ3) is 7.65. The van der Waals surface area contributed by atoms with Gasteiger partial charge in [0.15, 0.2) is 0 Å². The van der Waals surface area contributed by atoms with Gasteiger partial charge in [0.25, 0.3) is 0 Å². The van der Waals surface area contributed by atoms with E-state index < -0.39 is 0 Å². The molecule has 2 heterocycles. The molecule has 0 aliphatic carbocycles. The van der Waals surface area contributed by atoms with Gasteiger partial charge < -0.3 is 16.0 Å². The highest BCUT2D eigenvalue weighted by Gasteiger charge is 2.18. The maximum atomic E-state index is 4.50. The van der Waals surface area contributed by atoms with Crippen molar-refractivity contribution in [2.75, 3.05) is 40.4 Å². The summed E-state index contributed by atoms with van der Waals surface area (Å²) in [5, 5.41) is 8.49. The molecule has 0 saturated carbocycles. The first-order valence-electron chi connectivity index (χ1n) is 15.2. The molecule has 4 nitrogen and oxygen atoms in total. The maximum Gasteiger partial charge on any atom is 0.0478 e. The van der Waals surface area contributed by atoms with Gasteiger partial charge in [-0.15, -0.1) is 0 Å². The van der Waals surface area contributed by atoms with E-state index in [9.17, 15) is 0 Å². The molecule has 3 N–H and O–H groups in total. The van der Waals surface area contributed by atoms with Crippen molar-refractivity contribution in [2.24, 2.45) is 5.73 Å². The molecule has 4 heteroatoms. The molecule has 2 aliphatic heterocycles. The Morgan fingerprint density at radius 3 is 2.15 bits per heavy atom. The second-order valence-corrected chi connectivity index (χ2v) is 11.0. The number of nitrogens with two attached hydrogens (primary N) is 1. The Hall–Kier alpha value is -3.44. The van der Waals surface area contributed by atoms with Crippen molar-refractivity contribution < 1.29 is 0 Å². The molecule has 0 amide bonds. The van der Waals surface area contributed by atoms with Crippen LogP contribution < -0.4 is 11.1 Å². The van der Waals surface area contributed by atoms with Crippen LogP contribution in [-0.2, 0) is 6.54 Å². The molecule has 6 rings (SSSR count). The van der Waals surface area contributed by atoms with Gasteiger partial charge in [0, 0.05) is 38.5 Å². The number of allylic oxidation sites excluding steroid dienone is 3. The van der Waals surface area contributed by atoms with Crippen molar-refractivity contribution in [3.63, 3.8) is 0 Å². The van der Waals surface area contributed by atoms with Crippen molar-refractivity contribution in [2.45, 2.75) is 46.1 Å². The van der Waals surface area contributed by atoms with E-state index in [1.807, 2.05) is 0 Å². The van der Waals surface area contributed by atoms with Crippen LogP contribution in [-0.4, -0.2) is 50.2 Å². The second kappa shape index (κ2) is 15.5. The van der Waals surface area contributed by atoms with Crippen LogP contribution in [0.25, 0.3) is 32.7 Å². The minimum absolute atomic E-state index is 0.936. The summed E-state index contributed by atoms with van der Waals surface area (Å²) in [4.78, 5) is 4.82. The van der Waals surface area contributed by atoms with Crippen LogP contribution in [0.3, 0.4) is 0 Å². The van der Waals surface area contributed by atoms with E-state index in [1.165, 1.54) is 82.4 Å². The molecule has 41 heavy (non-hydrogen) atoms. The van der Waals surface area contributed by atoms with Gasteiger partial charge >= 0.3 is 0 Å². The zero-order valence-corrected chi connectivity index (χ0v) is 25.5. The fourth-order valence-electron chi connectivity index (χ4n) is 5.83. The van der Waals surface area contributed by atoms with E-state index in [2.05, 4.69) is 133 Å². The van der Waals surface area contributed by atoms with Gasteiger partial charge in [0.1, 0.15) is 0 Å². The first-order chi connectivity index (χ1) is 20.2. The van der Waals surface area contributed by atoms with Crippen molar-refractivity contribution in [1.29, 1.82) is 0 Å². The van der Waals surface area contributed by atoms with Gasteiger partial charge in [-0.1, -0.05) is 105 Å². The molecule has 0 spiro atoms. The van der Waals surface area contributed by atoms with E-state index in [0.717, 1.165) is 32.7 Å². The molecule has 0 aromatic heterocycles. The second-order valence-electron chi connectivity index (χ2n) is 11.0. The number of nitrogens with zero attached hydrogens (tertiary/aromatic N) is 2. The number of rotatable bonds is 7. The van der Waals surface area contributed by atoms with E-state index in [0.29, 0.717) is 0 Å². The lowest BCUT2D eigenvalue weighted by atomic mass is 9.87. The number of benzene rings is 4. The van der Waals surface area contributed by atoms with Gasteiger partial charge in [-0.05, 0) is 83.7 Å². The molecule has 0 bridgehead atoms. The number of unbranched alkanes of at least 4 members (excludes halogenated alkanes) is 2. The third-order valence-corrected chi connectivity index (χ3v) is 8.01. The lowest BCUT2D eigenvalue weighted by molar-refractivity contribution is 0.351. The predicted molar refractivity (Wildman–Crippen MR) is 179 cm³/mol. The summed E-state index contributed by atoms with van der Waals surface area (Å²) in [5.74, 6) is 0. The molecular formula is C37H48N4. The number of hydrogen-bond donors (Lipinski definition) is 2. The number of aryl methyl sites for hydroxylation is 1. The van der Waals surface area contributed by atoms with E-state index >= 15 is 0 Å². The highest BCUT2D eigenvalue weighted by Crippen LogP contribution is 2.39. The Balaban J connectivity index is 0.000000424. The quantitative estimate of drug-likeness (QED) is 0.231. The van der Waals surface area contributed by atoms with Gasteiger partial charge in [0.05, 0.1) is 0 Å². The minimum Gasteiger partial charge on any atom is -0.367 e. The topological polar surface area (TPSA) is 44.5 Å². The molecule has 4 aromatic carbocycles. The molecule has 2 aliphatic rings. The Bertz CT molecular complexity index is 1460. The lowest BCUT2D eigenvalue weighted by Crippen LogP contribution is -2.25. The zero-order chi connectivity index (χ0) is 29.0. The molecule has 1 fully saturated rings. The van der Waals surface area contributed by atoms with Crippen LogP contribution in [0.4, 0.5) is 0 Å². The normalized spacial score (nSPS) is 14.9. The maximum absolute atomic E-state index is 4.50. The summed E-state index contributed by atoms with van der Waals surface area (Å²) in [6.07, 6.45) is 11.8. The Morgan fingerprint density at radius 2 is 1.51 bits per heavy atom. The first-order valence-corrected chi connectivity index (χ1v) is 15.2. The lowest BCUT2D eigenvalue weighted by Gasteiger charge is -2.30. The van der Waals surface area contributed by atoms with Crippen LogP contribution in [0, 0.1) is 6.92 Å². The average molecular weight is 549 g/mol. The molecular weight excluding hydrogens is 500 g/mol. The van der Waals surface area contributed by atoms with Crippen molar-refractivity contribution in [3.8, 4) is 11.1 Å². The van der Waals surface area contributed by atoms with E-state index in [-0.39, 0.29) is 0 Å². The van der Waals surface area contributed by atoms with Gasteiger partial charge in [-0.3, -0.25) is 4.90 Å². The summed E-state index contributed by atoms with van der Waals surface area (Å²) >= 11 is 0. The molecule has 0 unspecified atom stereocenters. The predicted octanol–water partition coefficient (Wildman–Crippen LogP) is 7.86. The average Bonchev–Trinajstić information content (AvgIpc) is 3.50. The van der Waals surface area contributed by atoms with Crippen LogP contribution in [0.5, 0.6) is 0 Å². The highest BCUT2D eigenvalue weighted by molar-refractivity contribution is 6.07. The molecule has 0 radical (unpaired) electrons. The van der Waals surface area contributed by atoms with Crippen molar-refractivity contribution in [3.05, 3.63) is 108 Å². The van der Waals surface area contributed by atoms with Gasteiger partial charge in [-0.2, -0.15) is 0 Å². The summed E-state index contributed by atoms with van der Waals surface area (Å²) in [5.41, 5.74) is 11.5. The summed E-state index contributed by atoms with van der Waals surface area (Å²) in [6.45, 7) is 9.90. The summed E-state index contributed by atoms with van der Waals surface area (Å²) < 4.78 is 0. The fraction of sp³-hybridized carbons (Fsp3) is 0.351. The van der Waals surface area contributed by atoms with E-state index in [4.69, 9.17) is 0 Å². The molecule has 4 aromatic rings. The SMILES string of the molecule is CCCCCC1=CC=CCN1Cc1ccc2ccccc2c1-c1c(C)ccc2ccccc12.CN.CN1CCNC1. The van der Waals surface area contributed by atoms with Gasteiger partial charge in [-0.25, -0.2) is 0 Å². The number of hydrogen-bond acceptors (Lipinski definition) is 4. The largest absolute Gasteiger partial charge is 0.367 e. The number of fused-ring (bicyclic) bond motifs is 2. The first kappa shape index (κ1) is 30.5. The van der Waals surface area contributed by atoms with Crippen LogP contribution in [0.15, 0.2) is 96.7 Å². The van der Waals surface area contributed by atoms with Crippen LogP contribution in [0.1, 0.15) is 43.7 Å². The minimum atomic E-state index is 0.936. The smallest absolute Gasteiger partial charge is 0.0478 e. The van der Waals surface area contributed by atoms with Crippen LogP contribution >= 0.6 is 0 Å². The van der Waals surface area contributed by atoms with Crippen molar-refractivity contribution >= 4 is 21.5 Å². The van der Waals surface area contributed by atoms with Gasteiger partial charge in [0.2, 0.25) is 0 Å². The Kier molecular flexibility index (Phi) is 11.6. The molecule has 216 valence electrons.